The average molecular weight is 476 g/mol. The van der Waals surface area contributed by atoms with Gasteiger partial charge >= 0.3 is 7.82 Å². The van der Waals surface area contributed by atoms with Crippen molar-refractivity contribution in [1.82, 2.24) is 0 Å². The largest absolute Gasteiger partial charge is 0.490 e. The van der Waals surface area contributed by atoms with E-state index >= 15 is 0 Å². The van der Waals surface area contributed by atoms with Crippen molar-refractivity contribution < 1.29 is 28.0 Å². The third-order valence-corrected chi connectivity index (χ3v) is 5.06. The van der Waals surface area contributed by atoms with E-state index in [0.717, 1.165) is 0 Å². The number of phosphoric ester groups is 1. The molecule has 0 fully saturated rings. The van der Waals surface area contributed by atoms with Crippen LogP contribution < -0.4 is 9.47 Å². The zero-order chi connectivity index (χ0) is 19.9. The summed E-state index contributed by atoms with van der Waals surface area (Å²) in [4.78, 5) is 9.60. The van der Waals surface area contributed by atoms with Gasteiger partial charge in [0.1, 0.15) is 24.7 Å². The predicted octanol–water partition coefficient (Wildman–Crippen LogP) is 5.89. The Balaban J connectivity index is 1.66. The summed E-state index contributed by atoms with van der Waals surface area (Å²) in [5, 5.41) is 1.59. The number of hydrogen-bond donors (Lipinski definition) is 1. The van der Waals surface area contributed by atoms with E-state index < -0.39 is 7.82 Å². The zero-order valence-electron chi connectivity index (χ0n) is 13.7. The van der Waals surface area contributed by atoms with Gasteiger partial charge in [-0.2, -0.15) is 0 Å². The molecule has 0 spiro atoms. The summed E-state index contributed by atoms with van der Waals surface area (Å²) in [6.07, 6.45) is 0. The normalized spacial score (nSPS) is 11.4. The maximum absolute atomic E-state index is 11.8. The van der Waals surface area contributed by atoms with E-state index in [-0.39, 0.29) is 26.4 Å². The van der Waals surface area contributed by atoms with Crippen LogP contribution in [0.3, 0.4) is 0 Å². The Kier molecular flexibility index (Phi) is 8.99. The van der Waals surface area contributed by atoms with E-state index in [4.69, 9.17) is 64.9 Å². The molecule has 0 radical (unpaired) electrons. The molecule has 0 amide bonds. The highest BCUT2D eigenvalue weighted by molar-refractivity contribution is 7.47. The maximum atomic E-state index is 11.8. The number of halogens is 4. The molecule has 0 aromatic heterocycles. The lowest BCUT2D eigenvalue weighted by Gasteiger charge is -2.14. The van der Waals surface area contributed by atoms with Crippen molar-refractivity contribution in [2.24, 2.45) is 0 Å². The summed E-state index contributed by atoms with van der Waals surface area (Å²) in [6, 6.07) is 9.42. The first-order valence-corrected chi connectivity index (χ1v) is 10.5. The first-order chi connectivity index (χ1) is 12.8. The Bertz CT molecular complexity index is 756. The van der Waals surface area contributed by atoms with Crippen molar-refractivity contribution in [3.05, 3.63) is 56.5 Å². The lowest BCUT2D eigenvalue weighted by Crippen LogP contribution is -2.10. The number of ether oxygens (including phenoxy) is 2. The van der Waals surface area contributed by atoms with E-state index in [1.807, 2.05) is 0 Å². The van der Waals surface area contributed by atoms with Gasteiger partial charge in [0.2, 0.25) is 0 Å². The van der Waals surface area contributed by atoms with E-state index in [9.17, 15) is 9.46 Å². The fourth-order valence-corrected chi connectivity index (χ4v) is 3.44. The Labute approximate surface area is 176 Å². The van der Waals surface area contributed by atoms with Gasteiger partial charge in [-0.1, -0.05) is 46.4 Å². The summed E-state index contributed by atoms with van der Waals surface area (Å²) in [6.45, 7) is -0.383. The van der Waals surface area contributed by atoms with Gasteiger partial charge in [0.15, 0.2) is 0 Å². The van der Waals surface area contributed by atoms with E-state index in [2.05, 4.69) is 0 Å². The molecule has 2 rings (SSSR count). The molecule has 0 atom stereocenters. The second-order valence-electron chi connectivity index (χ2n) is 4.98. The molecule has 0 heterocycles. The molecule has 0 aliphatic rings. The van der Waals surface area contributed by atoms with Gasteiger partial charge in [-0.25, -0.2) is 4.57 Å². The second-order valence-corrected chi connectivity index (χ2v) is 8.12. The van der Waals surface area contributed by atoms with Crippen LogP contribution in [0.15, 0.2) is 36.4 Å². The summed E-state index contributed by atoms with van der Waals surface area (Å²) in [5.41, 5.74) is 0. The molecule has 2 aromatic rings. The predicted molar refractivity (Wildman–Crippen MR) is 106 cm³/mol. The third-order valence-electron chi connectivity index (χ3n) is 2.98. The summed E-state index contributed by atoms with van der Waals surface area (Å²) >= 11 is 23.4. The highest BCUT2D eigenvalue weighted by atomic mass is 35.5. The number of benzene rings is 2. The number of phosphoric acid groups is 1. The first kappa shape index (κ1) is 22.6. The highest BCUT2D eigenvalue weighted by Gasteiger charge is 2.21. The minimum atomic E-state index is -4.24. The molecule has 27 heavy (non-hydrogen) atoms. The molecule has 0 bridgehead atoms. The van der Waals surface area contributed by atoms with Crippen molar-refractivity contribution >= 4 is 54.2 Å². The Hall–Kier alpha value is -0.690. The monoisotopic (exact) mass is 474 g/mol. The molecule has 6 nitrogen and oxygen atoms in total. The van der Waals surface area contributed by atoms with Crippen LogP contribution in [0.25, 0.3) is 0 Å². The van der Waals surface area contributed by atoms with Gasteiger partial charge in [0, 0.05) is 10.0 Å². The van der Waals surface area contributed by atoms with Gasteiger partial charge < -0.3 is 14.4 Å². The van der Waals surface area contributed by atoms with Crippen LogP contribution in [0.1, 0.15) is 0 Å². The molecule has 0 aliphatic heterocycles. The minimum Gasteiger partial charge on any atom is -0.490 e. The van der Waals surface area contributed by atoms with Gasteiger partial charge in [0.05, 0.1) is 23.3 Å². The number of hydrogen-bond acceptors (Lipinski definition) is 5. The van der Waals surface area contributed by atoms with Gasteiger partial charge in [-0.05, 0) is 36.4 Å². The molecular weight excluding hydrogens is 461 g/mol. The standard InChI is InChI=1S/C16H15Cl4O6P/c17-11-1-3-15(13(19)9-11)23-5-7-25-27(21,22)26-8-6-24-16-4-2-12(18)10-14(16)20/h1-4,9-10H,5-8H2,(H,21,22). The Morgan fingerprint density at radius 1 is 0.741 bits per heavy atom. The van der Waals surface area contributed by atoms with Crippen LogP contribution in [0, 0.1) is 0 Å². The van der Waals surface area contributed by atoms with Crippen molar-refractivity contribution in [3.63, 3.8) is 0 Å². The Morgan fingerprint density at radius 3 is 1.52 bits per heavy atom. The lowest BCUT2D eigenvalue weighted by molar-refractivity contribution is 0.115. The molecule has 0 saturated heterocycles. The minimum absolute atomic E-state index is 0.00779. The van der Waals surface area contributed by atoms with E-state index in [0.29, 0.717) is 31.6 Å². The molecule has 148 valence electrons. The Morgan fingerprint density at radius 2 is 1.15 bits per heavy atom. The molecule has 0 saturated carbocycles. The fourth-order valence-electron chi connectivity index (χ4n) is 1.83. The van der Waals surface area contributed by atoms with Crippen molar-refractivity contribution in [2.75, 3.05) is 26.4 Å². The molecular formula is C16H15Cl4O6P. The van der Waals surface area contributed by atoms with Gasteiger partial charge in [-0.3, -0.25) is 9.05 Å². The number of rotatable bonds is 10. The van der Waals surface area contributed by atoms with Crippen LogP contribution in [-0.2, 0) is 13.6 Å². The van der Waals surface area contributed by atoms with Crippen LogP contribution >= 0.6 is 54.2 Å². The maximum Gasteiger partial charge on any atom is 0.472 e. The van der Waals surface area contributed by atoms with E-state index in [1.165, 1.54) is 12.1 Å². The smallest absolute Gasteiger partial charge is 0.472 e. The second kappa shape index (κ2) is 10.7. The first-order valence-electron chi connectivity index (χ1n) is 7.54. The van der Waals surface area contributed by atoms with Crippen molar-refractivity contribution in [2.45, 2.75) is 0 Å². The summed E-state index contributed by atoms with van der Waals surface area (Å²) in [7, 11) is -4.24. The van der Waals surface area contributed by atoms with Crippen LogP contribution in [0.5, 0.6) is 11.5 Å². The fraction of sp³-hybridized carbons (Fsp3) is 0.250. The molecule has 11 heteroatoms. The van der Waals surface area contributed by atoms with Crippen molar-refractivity contribution in [3.8, 4) is 11.5 Å². The average Bonchev–Trinajstić information content (AvgIpc) is 2.58. The highest BCUT2D eigenvalue weighted by Crippen LogP contribution is 2.42. The zero-order valence-corrected chi connectivity index (χ0v) is 17.7. The van der Waals surface area contributed by atoms with Crippen LogP contribution in [0.2, 0.25) is 20.1 Å². The third kappa shape index (κ3) is 8.06. The molecule has 0 unspecified atom stereocenters. The van der Waals surface area contributed by atoms with Crippen molar-refractivity contribution in [1.29, 1.82) is 0 Å². The van der Waals surface area contributed by atoms with Gasteiger partial charge in [-0.15, -0.1) is 0 Å². The lowest BCUT2D eigenvalue weighted by atomic mass is 10.3. The topological polar surface area (TPSA) is 74.2 Å². The van der Waals surface area contributed by atoms with Crippen LogP contribution in [0.4, 0.5) is 0 Å². The summed E-state index contributed by atoms with van der Waals surface area (Å²) < 4.78 is 32.1. The SMILES string of the molecule is O=P(O)(OCCOc1ccc(Cl)cc1Cl)OCCOc1ccc(Cl)cc1Cl. The quantitative estimate of drug-likeness (QED) is 0.341. The molecule has 2 aromatic carbocycles. The van der Waals surface area contributed by atoms with E-state index in [1.54, 1.807) is 24.3 Å². The molecule has 1 N–H and O–H groups in total. The molecule has 0 aliphatic carbocycles. The van der Waals surface area contributed by atoms with Crippen LogP contribution in [-0.4, -0.2) is 31.3 Å². The van der Waals surface area contributed by atoms with Gasteiger partial charge in [0.25, 0.3) is 0 Å². The summed E-state index contributed by atoms with van der Waals surface area (Å²) in [5.74, 6) is 0.762.